The molecule has 0 radical (unpaired) electrons. The van der Waals surface area contributed by atoms with Crippen LogP contribution in [0.15, 0.2) is 18.2 Å². The standard InChI is InChI=1S/C9H5BrClFS/c10-4-6-7(11)2-1-5-3-8(12)13-9(5)6/h1-3H,4H2. The Morgan fingerprint density at radius 2 is 2.23 bits per heavy atom. The molecule has 1 heterocycles. The molecule has 0 saturated heterocycles. The summed E-state index contributed by atoms with van der Waals surface area (Å²) in [5.41, 5.74) is 0.966. The summed E-state index contributed by atoms with van der Waals surface area (Å²) in [5.74, 6) is 0. The maximum absolute atomic E-state index is 12.9. The number of halogens is 3. The first-order valence-electron chi connectivity index (χ1n) is 3.65. The average Bonchev–Trinajstić information content (AvgIpc) is 2.45. The monoisotopic (exact) mass is 278 g/mol. The number of hydrogen-bond acceptors (Lipinski definition) is 1. The van der Waals surface area contributed by atoms with Crippen LogP contribution < -0.4 is 0 Å². The number of benzene rings is 1. The molecule has 0 atom stereocenters. The van der Waals surface area contributed by atoms with Crippen LogP contribution in [-0.2, 0) is 5.33 Å². The summed E-state index contributed by atoms with van der Waals surface area (Å²) in [7, 11) is 0. The van der Waals surface area contributed by atoms with Crippen molar-refractivity contribution in [2.24, 2.45) is 0 Å². The fourth-order valence-electron chi connectivity index (χ4n) is 1.23. The molecule has 2 aromatic rings. The maximum Gasteiger partial charge on any atom is 0.177 e. The van der Waals surface area contributed by atoms with Crippen molar-refractivity contribution in [3.63, 3.8) is 0 Å². The zero-order chi connectivity index (χ0) is 9.42. The normalized spacial score (nSPS) is 11.0. The second-order valence-corrected chi connectivity index (χ2v) is 4.60. The molecule has 0 N–H and O–H groups in total. The minimum absolute atomic E-state index is 0.167. The molecule has 0 aliphatic carbocycles. The molecule has 0 saturated carbocycles. The Kier molecular flexibility index (Phi) is 2.58. The molecule has 4 heteroatoms. The number of rotatable bonds is 1. The van der Waals surface area contributed by atoms with Gasteiger partial charge in [0.2, 0.25) is 0 Å². The quantitative estimate of drug-likeness (QED) is 0.670. The summed E-state index contributed by atoms with van der Waals surface area (Å²) in [4.78, 5) is 0. The molecule has 1 aromatic heterocycles. The topological polar surface area (TPSA) is 0 Å². The van der Waals surface area contributed by atoms with Gasteiger partial charge in [-0.3, -0.25) is 0 Å². The summed E-state index contributed by atoms with van der Waals surface area (Å²) in [6, 6.07) is 5.17. The van der Waals surface area contributed by atoms with Crippen LogP contribution in [0.25, 0.3) is 10.1 Å². The van der Waals surface area contributed by atoms with E-state index in [4.69, 9.17) is 11.6 Å². The molecule has 2 rings (SSSR count). The van der Waals surface area contributed by atoms with Crippen LogP contribution in [0.4, 0.5) is 4.39 Å². The lowest BCUT2D eigenvalue weighted by Crippen LogP contribution is -1.78. The number of alkyl halides is 1. The van der Waals surface area contributed by atoms with E-state index in [0.29, 0.717) is 10.4 Å². The van der Waals surface area contributed by atoms with Gasteiger partial charge in [-0.25, -0.2) is 0 Å². The molecule has 68 valence electrons. The van der Waals surface area contributed by atoms with Crippen LogP contribution in [-0.4, -0.2) is 0 Å². The first-order chi connectivity index (χ1) is 6.22. The first-order valence-corrected chi connectivity index (χ1v) is 5.96. The summed E-state index contributed by atoms with van der Waals surface area (Å²) >= 11 is 10.4. The summed E-state index contributed by atoms with van der Waals surface area (Å²) in [5, 5.41) is 2.09. The molecule has 0 fully saturated rings. The Morgan fingerprint density at radius 3 is 2.92 bits per heavy atom. The summed E-state index contributed by atoms with van der Waals surface area (Å²) in [6.07, 6.45) is 0. The molecule has 0 unspecified atom stereocenters. The number of thiophene rings is 1. The maximum atomic E-state index is 12.9. The predicted octanol–water partition coefficient (Wildman–Crippen LogP) is 4.59. The van der Waals surface area contributed by atoms with Crippen molar-refractivity contribution in [2.75, 3.05) is 0 Å². The van der Waals surface area contributed by atoms with Gasteiger partial charge in [-0.05, 0) is 23.1 Å². The van der Waals surface area contributed by atoms with Crippen LogP contribution in [0.1, 0.15) is 5.56 Å². The molecule has 0 nitrogen and oxygen atoms in total. The van der Waals surface area contributed by atoms with E-state index in [-0.39, 0.29) is 5.13 Å². The molecular weight excluding hydrogens is 275 g/mol. The van der Waals surface area contributed by atoms with Crippen molar-refractivity contribution in [1.29, 1.82) is 0 Å². The van der Waals surface area contributed by atoms with E-state index in [1.54, 1.807) is 6.07 Å². The van der Waals surface area contributed by atoms with Crippen molar-refractivity contribution in [2.45, 2.75) is 5.33 Å². The summed E-state index contributed by atoms with van der Waals surface area (Å²) in [6.45, 7) is 0. The Bertz CT molecular complexity index is 452. The van der Waals surface area contributed by atoms with Gasteiger partial charge in [-0.1, -0.05) is 33.6 Å². The van der Waals surface area contributed by atoms with Gasteiger partial charge >= 0.3 is 0 Å². The lowest BCUT2D eigenvalue weighted by Gasteiger charge is -2.00. The van der Waals surface area contributed by atoms with Gasteiger partial charge in [0.05, 0.1) is 0 Å². The zero-order valence-corrected chi connectivity index (χ0v) is 9.64. The third kappa shape index (κ3) is 1.60. The molecule has 0 bridgehead atoms. The van der Waals surface area contributed by atoms with Crippen LogP contribution in [0.5, 0.6) is 0 Å². The van der Waals surface area contributed by atoms with Crippen molar-refractivity contribution >= 4 is 49.0 Å². The van der Waals surface area contributed by atoms with Crippen LogP contribution in [0.3, 0.4) is 0 Å². The van der Waals surface area contributed by atoms with Gasteiger partial charge in [0.25, 0.3) is 0 Å². The molecule has 1 aromatic carbocycles. The Morgan fingerprint density at radius 1 is 1.46 bits per heavy atom. The number of hydrogen-bond donors (Lipinski definition) is 0. The molecule has 0 aliphatic rings. The minimum atomic E-state index is -0.167. The van der Waals surface area contributed by atoms with E-state index >= 15 is 0 Å². The first kappa shape index (κ1) is 9.44. The van der Waals surface area contributed by atoms with E-state index in [2.05, 4.69) is 15.9 Å². The minimum Gasteiger partial charge on any atom is -0.195 e. The van der Waals surface area contributed by atoms with Gasteiger partial charge in [0, 0.05) is 15.1 Å². The van der Waals surface area contributed by atoms with E-state index in [1.807, 2.05) is 6.07 Å². The fourth-order valence-corrected chi connectivity index (χ4v) is 3.37. The van der Waals surface area contributed by atoms with Gasteiger partial charge in [0.1, 0.15) is 0 Å². The fraction of sp³-hybridized carbons (Fsp3) is 0.111. The second-order valence-electron chi connectivity index (χ2n) is 2.63. The third-order valence-corrected chi connectivity index (χ3v) is 3.75. The highest BCUT2D eigenvalue weighted by molar-refractivity contribution is 9.08. The summed E-state index contributed by atoms with van der Waals surface area (Å²) < 4.78 is 13.9. The van der Waals surface area contributed by atoms with E-state index in [9.17, 15) is 4.39 Å². The highest BCUT2D eigenvalue weighted by Gasteiger charge is 2.08. The smallest absolute Gasteiger partial charge is 0.177 e. The molecular formula is C9H5BrClFS. The van der Waals surface area contributed by atoms with Crippen LogP contribution in [0.2, 0.25) is 5.02 Å². The third-order valence-electron chi connectivity index (χ3n) is 1.84. The Hall–Kier alpha value is -0.120. The second kappa shape index (κ2) is 3.56. The van der Waals surface area contributed by atoms with Gasteiger partial charge < -0.3 is 0 Å². The lowest BCUT2D eigenvalue weighted by atomic mass is 10.2. The van der Waals surface area contributed by atoms with E-state index in [1.165, 1.54) is 6.07 Å². The predicted molar refractivity (Wildman–Crippen MR) is 59.4 cm³/mol. The Labute approximate surface area is 92.5 Å². The highest BCUT2D eigenvalue weighted by atomic mass is 79.9. The van der Waals surface area contributed by atoms with Crippen LogP contribution in [0, 0.1) is 5.13 Å². The van der Waals surface area contributed by atoms with Crippen molar-refractivity contribution in [3.8, 4) is 0 Å². The van der Waals surface area contributed by atoms with Gasteiger partial charge in [0.15, 0.2) is 5.13 Å². The zero-order valence-electron chi connectivity index (χ0n) is 6.48. The van der Waals surface area contributed by atoms with Crippen LogP contribution >= 0.6 is 38.9 Å². The Balaban J connectivity index is 2.82. The van der Waals surface area contributed by atoms with Gasteiger partial charge in [-0.2, -0.15) is 4.39 Å². The van der Waals surface area contributed by atoms with E-state index < -0.39 is 0 Å². The van der Waals surface area contributed by atoms with E-state index in [0.717, 1.165) is 27.0 Å². The van der Waals surface area contributed by atoms with Crippen molar-refractivity contribution in [3.05, 3.63) is 33.9 Å². The lowest BCUT2D eigenvalue weighted by molar-refractivity contribution is 0.658. The van der Waals surface area contributed by atoms with Gasteiger partial charge in [-0.15, -0.1) is 11.3 Å². The van der Waals surface area contributed by atoms with Crippen molar-refractivity contribution in [1.82, 2.24) is 0 Å². The molecule has 0 spiro atoms. The average molecular weight is 280 g/mol. The molecule has 13 heavy (non-hydrogen) atoms. The molecule has 0 amide bonds. The highest BCUT2D eigenvalue weighted by Crippen LogP contribution is 2.33. The SMILES string of the molecule is Fc1cc2ccc(Cl)c(CBr)c2s1. The molecule has 0 aliphatic heterocycles. The largest absolute Gasteiger partial charge is 0.195 e. The number of fused-ring (bicyclic) bond motifs is 1. The van der Waals surface area contributed by atoms with Crippen molar-refractivity contribution < 1.29 is 4.39 Å².